The third-order valence-corrected chi connectivity index (χ3v) is 2.02. The number of hydrogen-bond acceptors (Lipinski definition) is 2. The molecule has 1 N–H and O–H groups in total. The highest BCUT2D eigenvalue weighted by Gasteiger charge is 2.01. The Hall–Kier alpha value is -0.700. The molecule has 0 heterocycles. The largest absolute Gasteiger partial charge is 0.477 e. The summed E-state index contributed by atoms with van der Waals surface area (Å²) in [5.41, 5.74) is 0. The summed E-state index contributed by atoms with van der Waals surface area (Å²) in [5.74, 6) is -0.858. The fraction of sp³-hybridized carbons (Fsp3) is 0.444. The van der Waals surface area contributed by atoms with Crippen molar-refractivity contribution in [2.24, 2.45) is 0 Å². The molecule has 0 aromatic rings. The average molecular weight is 186 g/mol. The Labute approximate surface area is 77.4 Å². The number of carbonyl (C=O) groups is 1. The molecule has 12 heavy (non-hydrogen) atoms. The van der Waals surface area contributed by atoms with Gasteiger partial charge in [-0.25, -0.2) is 4.79 Å². The van der Waals surface area contributed by atoms with E-state index in [1.54, 1.807) is 18.4 Å². The quantitative estimate of drug-likeness (QED) is 0.530. The monoisotopic (exact) mass is 186 g/mol. The highest BCUT2D eigenvalue weighted by molar-refractivity contribution is 8.03. The van der Waals surface area contributed by atoms with Crippen molar-refractivity contribution in [2.45, 2.75) is 19.8 Å². The third-order valence-electron chi connectivity index (χ3n) is 1.27. The second-order valence-corrected chi connectivity index (χ2v) is 3.11. The van der Waals surface area contributed by atoms with E-state index in [1.807, 2.05) is 6.08 Å². The predicted octanol–water partition coefficient (Wildman–Crippen LogP) is 2.67. The number of thioether (sulfide) groups is 1. The Balaban J connectivity index is 4.02. The maximum Gasteiger partial charge on any atom is 0.342 e. The number of allylic oxidation sites excluding steroid dienone is 3. The molecule has 0 unspecified atom stereocenters. The second kappa shape index (κ2) is 6.98. The maximum atomic E-state index is 10.5. The van der Waals surface area contributed by atoms with Crippen LogP contribution < -0.4 is 0 Å². The van der Waals surface area contributed by atoms with Crippen LogP contribution in [-0.4, -0.2) is 17.3 Å². The highest BCUT2D eigenvalue weighted by atomic mass is 32.2. The van der Waals surface area contributed by atoms with Gasteiger partial charge in [0.2, 0.25) is 0 Å². The number of aliphatic carboxylic acids is 1. The lowest BCUT2D eigenvalue weighted by molar-refractivity contribution is -0.131. The predicted molar refractivity (Wildman–Crippen MR) is 53.3 cm³/mol. The molecule has 0 saturated heterocycles. The van der Waals surface area contributed by atoms with Gasteiger partial charge in [-0.05, 0) is 18.8 Å². The van der Waals surface area contributed by atoms with Crippen LogP contribution in [0.4, 0.5) is 0 Å². The summed E-state index contributed by atoms with van der Waals surface area (Å²) < 4.78 is 0. The summed E-state index contributed by atoms with van der Waals surface area (Å²) in [7, 11) is 0. The van der Waals surface area contributed by atoms with Crippen molar-refractivity contribution in [1.29, 1.82) is 0 Å². The number of carboxylic acids is 1. The Kier molecular flexibility index (Phi) is 6.57. The molecule has 2 nitrogen and oxygen atoms in total. The van der Waals surface area contributed by atoms with Gasteiger partial charge in [0, 0.05) is 0 Å². The van der Waals surface area contributed by atoms with E-state index in [0.29, 0.717) is 4.91 Å². The van der Waals surface area contributed by atoms with Crippen molar-refractivity contribution in [2.75, 3.05) is 6.26 Å². The van der Waals surface area contributed by atoms with Gasteiger partial charge < -0.3 is 5.11 Å². The average Bonchev–Trinajstić information content (AvgIpc) is 2.04. The minimum Gasteiger partial charge on any atom is -0.477 e. The van der Waals surface area contributed by atoms with E-state index in [9.17, 15) is 4.79 Å². The smallest absolute Gasteiger partial charge is 0.342 e. The van der Waals surface area contributed by atoms with Crippen molar-refractivity contribution < 1.29 is 9.90 Å². The molecule has 0 saturated carbocycles. The molecular formula is C9H14O2S. The zero-order valence-electron chi connectivity index (χ0n) is 7.41. The van der Waals surface area contributed by atoms with Crippen LogP contribution in [0, 0.1) is 0 Å². The number of hydrogen-bond donors (Lipinski definition) is 1. The molecule has 0 aliphatic rings. The Morgan fingerprint density at radius 3 is 2.67 bits per heavy atom. The topological polar surface area (TPSA) is 37.3 Å². The fourth-order valence-electron chi connectivity index (χ4n) is 0.645. The van der Waals surface area contributed by atoms with Crippen molar-refractivity contribution in [3.8, 4) is 0 Å². The van der Waals surface area contributed by atoms with Crippen molar-refractivity contribution in [1.82, 2.24) is 0 Å². The summed E-state index contributed by atoms with van der Waals surface area (Å²) in [6.07, 6.45) is 9.24. The summed E-state index contributed by atoms with van der Waals surface area (Å²) >= 11 is 1.25. The lowest BCUT2D eigenvalue weighted by Gasteiger charge is -1.92. The lowest BCUT2D eigenvalue weighted by atomic mass is 10.3. The molecular weight excluding hydrogens is 172 g/mol. The van der Waals surface area contributed by atoms with Gasteiger partial charge >= 0.3 is 5.97 Å². The Bertz CT molecular complexity index is 195. The molecule has 0 rings (SSSR count). The molecule has 0 aliphatic heterocycles. The standard InChI is InChI=1S/C9H14O2S/c1-3-4-5-6-7-8(12-2)9(10)11/h5-7H,3-4H2,1-2H3,(H,10,11). The molecule has 0 aromatic heterocycles. The molecule has 0 amide bonds. The van der Waals surface area contributed by atoms with Crippen LogP contribution in [0.25, 0.3) is 0 Å². The summed E-state index contributed by atoms with van der Waals surface area (Å²) in [4.78, 5) is 10.8. The first-order valence-corrected chi connectivity index (χ1v) is 5.09. The van der Waals surface area contributed by atoms with E-state index in [-0.39, 0.29) is 0 Å². The zero-order valence-corrected chi connectivity index (χ0v) is 8.23. The summed E-state index contributed by atoms with van der Waals surface area (Å²) in [6, 6.07) is 0. The van der Waals surface area contributed by atoms with Gasteiger partial charge in [0.15, 0.2) is 0 Å². The zero-order chi connectivity index (χ0) is 9.40. The SMILES string of the molecule is CCCC=CC=C(SC)C(=O)O. The summed E-state index contributed by atoms with van der Waals surface area (Å²) in [5, 5.41) is 8.61. The van der Waals surface area contributed by atoms with E-state index < -0.39 is 5.97 Å². The third kappa shape index (κ3) is 5.02. The molecule has 68 valence electrons. The van der Waals surface area contributed by atoms with Crippen molar-refractivity contribution in [3.05, 3.63) is 23.1 Å². The van der Waals surface area contributed by atoms with Gasteiger partial charge in [0.05, 0.1) is 4.91 Å². The van der Waals surface area contributed by atoms with E-state index in [2.05, 4.69) is 6.92 Å². The molecule has 0 bridgehead atoms. The first-order valence-electron chi connectivity index (χ1n) is 3.86. The Morgan fingerprint density at radius 2 is 2.25 bits per heavy atom. The number of unbranched alkanes of at least 4 members (excludes halogenated alkanes) is 1. The Morgan fingerprint density at radius 1 is 1.58 bits per heavy atom. The summed E-state index contributed by atoms with van der Waals surface area (Å²) in [6.45, 7) is 2.08. The number of carboxylic acid groups (broad SMARTS) is 1. The molecule has 0 radical (unpaired) electrons. The normalized spacial score (nSPS) is 12.3. The van der Waals surface area contributed by atoms with Crippen LogP contribution in [-0.2, 0) is 4.79 Å². The van der Waals surface area contributed by atoms with E-state index in [4.69, 9.17) is 5.11 Å². The van der Waals surface area contributed by atoms with Gasteiger partial charge in [-0.2, -0.15) is 0 Å². The first kappa shape index (κ1) is 11.3. The van der Waals surface area contributed by atoms with E-state index in [0.717, 1.165) is 12.8 Å². The number of rotatable bonds is 5. The van der Waals surface area contributed by atoms with Crippen LogP contribution in [0.3, 0.4) is 0 Å². The van der Waals surface area contributed by atoms with Crippen LogP contribution in [0.2, 0.25) is 0 Å². The van der Waals surface area contributed by atoms with E-state index in [1.165, 1.54) is 11.8 Å². The van der Waals surface area contributed by atoms with Crippen molar-refractivity contribution in [3.63, 3.8) is 0 Å². The van der Waals surface area contributed by atoms with Gasteiger partial charge in [-0.1, -0.05) is 25.5 Å². The first-order chi connectivity index (χ1) is 5.72. The maximum absolute atomic E-state index is 10.5. The lowest BCUT2D eigenvalue weighted by Crippen LogP contribution is -1.94. The molecule has 3 heteroatoms. The van der Waals surface area contributed by atoms with Crippen LogP contribution in [0.15, 0.2) is 23.1 Å². The molecule has 0 fully saturated rings. The second-order valence-electron chi connectivity index (χ2n) is 2.26. The minimum atomic E-state index is -0.858. The fourth-order valence-corrected chi connectivity index (χ4v) is 1.03. The van der Waals surface area contributed by atoms with Gasteiger partial charge in [0.25, 0.3) is 0 Å². The molecule has 0 spiro atoms. The highest BCUT2D eigenvalue weighted by Crippen LogP contribution is 2.11. The van der Waals surface area contributed by atoms with Gasteiger partial charge in [-0.3, -0.25) is 0 Å². The molecule has 0 aliphatic carbocycles. The van der Waals surface area contributed by atoms with Gasteiger partial charge in [-0.15, -0.1) is 11.8 Å². The van der Waals surface area contributed by atoms with Crippen LogP contribution in [0.1, 0.15) is 19.8 Å². The van der Waals surface area contributed by atoms with Crippen LogP contribution >= 0.6 is 11.8 Å². The molecule has 0 aromatic carbocycles. The van der Waals surface area contributed by atoms with Crippen molar-refractivity contribution >= 4 is 17.7 Å². The van der Waals surface area contributed by atoms with Crippen LogP contribution in [0.5, 0.6) is 0 Å². The van der Waals surface area contributed by atoms with Gasteiger partial charge in [0.1, 0.15) is 0 Å². The minimum absolute atomic E-state index is 0.377. The molecule has 0 atom stereocenters. The van der Waals surface area contributed by atoms with E-state index >= 15 is 0 Å².